The fourth-order valence-corrected chi connectivity index (χ4v) is 1.24. The summed E-state index contributed by atoms with van der Waals surface area (Å²) in [7, 11) is 0. The summed E-state index contributed by atoms with van der Waals surface area (Å²) < 4.78 is 39.4. The number of alkyl halides is 4. The summed E-state index contributed by atoms with van der Waals surface area (Å²) in [6.07, 6.45) is -4.86. The number of hydrogen-bond acceptors (Lipinski definition) is 3. The number of carbonyl (C=O) groups is 1. The maximum absolute atomic E-state index is 11.9. The first-order valence-electron chi connectivity index (χ1n) is 4.48. The zero-order valence-electron chi connectivity index (χ0n) is 8.58. The van der Waals surface area contributed by atoms with Crippen molar-refractivity contribution in [1.29, 1.82) is 0 Å². The molecule has 1 N–H and O–H groups in total. The number of rotatable bonds is 3. The van der Waals surface area contributed by atoms with Gasteiger partial charge in [-0.05, 0) is 25.1 Å². The molecular formula is C10H8ClF3O3. The molecule has 0 radical (unpaired) electrons. The summed E-state index contributed by atoms with van der Waals surface area (Å²) in [6.45, 7) is 1.35. The van der Waals surface area contributed by atoms with Crippen molar-refractivity contribution in [3.63, 3.8) is 0 Å². The van der Waals surface area contributed by atoms with Crippen LogP contribution in [0.2, 0.25) is 0 Å². The van der Waals surface area contributed by atoms with E-state index in [9.17, 15) is 23.1 Å². The molecule has 0 heterocycles. The van der Waals surface area contributed by atoms with Gasteiger partial charge in [0.2, 0.25) is 0 Å². The van der Waals surface area contributed by atoms with E-state index in [1.165, 1.54) is 6.92 Å². The third-order valence-electron chi connectivity index (χ3n) is 1.83. The Labute approximate surface area is 99.8 Å². The molecule has 1 rings (SSSR count). The minimum absolute atomic E-state index is 0.311. The van der Waals surface area contributed by atoms with E-state index in [4.69, 9.17) is 11.6 Å². The summed E-state index contributed by atoms with van der Waals surface area (Å²) in [5, 5.41) is 8.38. The number of Topliss-reactive ketones (excluding diaryl/α,β-unsaturated/α-hetero) is 1. The zero-order chi connectivity index (χ0) is 13.2. The van der Waals surface area contributed by atoms with Crippen LogP contribution in [0.5, 0.6) is 11.5 Å². The van der Waals surface area contributed by atoms with Crippen molar-refractivity contribution in [2.24, 2.45) is 0 Å². The molecule has 0 amide bonds. The van der Waals surface area contributed by atoms with Gasteiger partial charge >= 0.3 is 6.36 Å². The van der Waals surface area contributed by atoms with Crippen LogP contribution in [-0.4, -0.2) is 22.6 Å². The van der Waals surface area contributed by atoms with E-state index in [0.717, 1.165) is 18.2 Å². The highest BCUT2D eigenvalue weighted by Crippen LogP contribution is 2.29. The number of phenols is 1. The molecule has 0 aliphatic heterocycles. The standard InChI is InChI=1S/C10H8ClF3O3/c1-5(11)9(16)7-4-6(2-3-8(7)15)17-10(12,13)14/h2-5,15H,1H3. The molecule has 17 heavy (non-hydrogen) atoms. The van der Waals surface area contributed by atoms with Gasteiger partial charge in [0.1, 0.15) is 11.5 Å². The molecule has 1 atom stereocenters. The van der Waals surface area contributed by atoms with Gasteiger partial charge in [0.25, 0.3) is 0 Å². The van der Waals surface area contributed by atoms with Crippen LogP contribution in [0.3, 0.4) is 0 Å². The number of benzene rings is 1. The second-order valence-corrected chi connectivity index (χ2v) is 3.86. The van der Waals surface area contributed by atoms with Gasteiger partial charge in [0.05, 0.1) is 10.9 Å². The molecule has 7 heteroatoms. The Balaban J connectivity index is 3.07. The lowest BCUT2D eigenvalue weighted by atomic mass is 10.1. The van der Waals surface area contributed by atoms with Crippen LogP contribution in [0.15, 0.2) is 18.2 Å². The average molecular weight is 269 g/mol. The van der Waals surface area contributed by atoms with E-state index in [1.807, 2.05) is 0 Å². The van der Waals surface area contributed by atoms with Crippen molar-refractivity contribution in [3.8, 4) is 11.5 Å². The molecule has 0 aromatic heterocycles. The number of aromatic hydroxyl groups is 1. The Kier molecular flexibility index (Phi) is 3.87. The normalized spacial score (nSPS) is 13.2. The maximum atomic E-state index is 11.9. The third-order valence-corrected chi connectivity index (χ3v) is 2.03. The van der Waals surface area contributed by atoms with E-state index in [2.05, 4.69) is 4.74 Å². The van der Waals surface area contributed by atoms with E-state index >= 15 is 0 Å². The van der Waals surface area contributed by atoms with Crippen LogP contribution in [0, 0.1) is 0 Å². The SMILES string of the molecule is CC(Cl)C(=O)c1cc(OC(F)(F)F)ccc1O. The summed E-state index contributed by atoms with van der Waals surface area (Å²) >= 11 is 5.50. The molecule has 0 saturated carbocycles. The maximum Gasteiger partial charge on any atom is 0.573 e. The van der Waals surface area contributed by atoms with Crippen molar-refractivity contribution in [2.45, 2.75) is 18.7 Å². The second-order valence-electron chi connectivity index (χ2n) is 3.21. The summed E-state index contributed by atoms with van der Waals surface area (Å²) in [4.78, 5) is 11.5. The first-order valence-corrected chi connectivity index (χ1v) is 4.91. The van der Waals surface area contributed by atoms with Crippen molar-refractivity contribution in [3.05, 3.63) is 23.8 Å². The fraction of sp³-hybridized carbons (Fsp3) is 0.300. The number of ketones is 1. The molecule has 0 aliphatic carbocycles. The van der Waals surface area contributed by atoms with Gasteiger partial charge in [0.15, 0.2) is 5.78 Å². The lowest BCUT2D eigenvalue weighted by molar-refractivity contribution is -0.274. The van der Waals surface area contributed by atoms with Gasteiger partial charge < -0.3 is 9.84 Å². The van der Waals surface area contributed by atoms with Crippen LogP contribution >= 0.6 is 11.6 Å². The molecule has 0 spiro atoms. The minimum Gasteiger partial charge on any atom is -0.507 e. The van der Waals surface area contributed by atoms with Crippen molar-refractivity contribution in [1.82, 2.24) is 0 Å². The first kappa shape index (κ1) is 13.6. The van der Waals surface area contributed by atoms with Gasteiger partial charge in [-0.3, -0.25) is 4.79 Å². The molecule has 0 fully saturated rings. The number of hydrogen-bond donors (Lipinski definition) is 1. The van der Waals surface area contributed by atoms with Crippen LogP contribution in [0.1, 0.15) is 17.3 Å². The monoisotopic (exact) mass is 268 g/mol. The Hall–Kier alpha value is -1.43. The van der Waals surface area contributed by atoms with Gasteiger partial charge in [-0.1, -0.05) is 0 Å². The summed E-state index contributed by atoms with van der Waals surface area (Å²) in [5.41, 5.74) is -0.311. The number of halogens is 4. The van der Waals surface area contributed by atoms with Crippen molar-refractivity contribution < 1.29 is 27.8 Å². The quantitative estimate of drug-likeness (QED) is 0.677. The molecule has 94 valence electrons. The lowest BCUT2D eigenvalue weighted by Crippen LogP contribution is -2.18. The number of carbonyl (C=O) groups excluding carboxylic acids is 1. The van der Waals surface area contributed by atoms with Gasteiger partial charge in [-0.25, -0.2) is 0 Å². The van der Waals surface area contributed by atoms with E-state index in [-0.39, 0.29) is 5.56 Å². The highest BCUT2D eigenvalue weighted by molar-refractivity contribution is 6.33. The summed E-state index contributed by atoms with van der Waals surface area (Å²) in [6, 6.07) is 2.64. The number of phenolic OH excluding ortho intramolecular Hbond substituents is 1. The predicted octanol–water partition coefficient (Wildman–Crippen LogP) is 3.10. The molecule has 1 aromatic rings. The molecule has 0 bridgehead atoms. The van der Waals surface area contributed by atoms with Crippen LogP contribution in [-0.2, 0) is 0 Å². The van der Waals surface area contributed by atoms with Gasteiger partial charge in [0, 0.05) is 0 Å². The minimum atomic E-state index is -4.86. The zero-order valence-corrected chi connectivity index (χ0v) is 9.34. The Morgan fingerprint density at radius 2 is 2.06 bits per heavy atom. The second kappa shape index (κ2) is 4.83. The Morgan fingerprint density at radius 1 is 1.47 bits per heavy atom. The Morgan fingerprint density at radius 3 is 2.53 bits per heavy atom. The molecule has 3 nitrogen and oxygen atoms in total. The Bertz CT molecular complexity index is 429. The van der Waals surface area contributed by atoms with Crippen LogP contribution in [0.4, 0.5) is 13.2 Å². The predicted molar refractivity (Wildman–Crippen MR) is 54.4 cm³/mol. The fourth-order valence-electron chi connectivity index (χ4n) is 1.12. The van der Waals surface area contributed by atoms with Gasteiger partial charge in [-0.2, -0.15) is 0 Å². The number of ether oxygens (including phenoxy) is 1. The topological polar surface area (TPSA) is 46.5 Å². The third kappa shape index (κ3) is 3.81. The lowest BCUT2D eigenvalue weighted by Gasteiger charge is -2.11. The van der Waals surface area contributed by atoms with E-state index < -0.39 is 29.0 Å². The molecule has 0 saturated heterocycles. The first-order chi connectivity index (χ1) is 7.70. The highest BCUT2D eigenvalue weighted by atomic mass is 35.5. The van der Waals surface area contributed by atoms with E-state index in [0.29, 0.717) is 0 Å². The average Bonchev–Trinajstić information content (AvgIpc) is 2.17. The van der Waals surface area contributed by atoms with Crippen molar-refractivity contribution >= 4 is 17.4 Å². The van der Waals surface area contributed by atoms with E-state index in [1.54, 1.807) is 0 Å². The van der Waals surface area contributed by atoms with Crippen molar-refractivity contribution in [2.75, 3.05) is 0 Å². The molecular weight excluding hydrogens is 261 g/mol. The highest BCUT2D eigenvalue weighted by Gasteiger charge is 2.31. The van der Waals surface area contributed by atoms with Crippen LogP contribution in [0.25, 0.3) is 0 Å². The smallest absolute Gasteiger partial charge is 0.507 e. The molecule has 0 aliphatic rings. The molecule has 1 aromatic carbocycles. The summed E-state index contributed by atoms with van der Waals surface area (Å²) in [5.74, 6) is -1.72. The van der Waals surface area contributed by atoms with Gasteiger partial charge in [-0.15, -0.1) is 24.8 Å². The van der Waals surface area contributed by atoms with Crippen LogP contribution < -0.4 is 4.74 Å². The molecule has 1 unspecified atom stereocenters. The largest absolute Gasteiger partial charge is 0.573 e.